The highest BCUT2D eigenvalue weighted by atomic mass is 16.5. The zero-order valence-electron chi connectivity index (χ0n) is 22.0. The number of aromatic nitrogens is 2. The first-order valence-electron chi connectivity index (χ1n) is 13.1. The smallest absolute Gasteiger partial charge is 0.407 e. The lowest BCUT2D eigenvalue weighted by molar-refractivity contribution is 0.142. The van der Waals surface area contributed by atoms with Crippen LogP contribution in [0.2, 0.25) is 0 Å². The van der Waals surface area contributed by atoms with Crippen molar-refractivity contribution in [2.75, 3.05) is 13.1 Å². The van der Waals surface area contributed by atoms with E-state index in [-0.39, 0.29) is 5.92 Å². The van der Waals surface area contributed by atoms with E-state index in [4.69, 9.17) is 9.26 Å². The summed E-state index contributed by atoms with van der Waals surface area (Å²) in [6.07, 6.45) is 0.660. The van der Waals surface area contributed by atoms with Gasteiger partial charge >= 0.3 is 6.09 Å². The van der Waals surface area contributed by atoms with Crippen molar-refractivity contribution in [3.63, 3.8) is 0 Å². The summed E-state index contributed by atoms with van der Waals surface area (Å²) < 4.78 is 11.4. The molecule has 1 N–H and O–H groups in total. The molecule has 39 heavy (non-hydrogen) atoms. The Kier molecular flexibility index (Phi) is 7.60. The van der Waals surface area contributed by atoms with E-state index in [0.29, 0.717) is 60.6 Å². The van der Waals surface area contributed by atoms with Crippen molar-refractivity contribution in [3.05, 3.63) is 89.0 Å². The highest BCUT2D eigenvalue weighted by Crippen LogP contribution is 2.34. The first kappa shape index (κ1) is 26.0. The molecule has 2 heterocycles. The van der Waals surface area contributed by atoms with Crippen LogP contribution >= 0.6 is 0 Å². The fourth-order valence-corrected chi connectivity index (χ4v) is 5.08. The van der Waals surface area contributed by atoms with Crippen LogP contribution in [0.3, 0.4) is 0 Å². The largest absolute Gasteiger partial charge is 0.488 e. The Morgan fingerprint density at radius 2 is 1.95 bits per heavy atom. The van der Waals surface area contributed by atoms with Crippen molar-refractivity contribution >= 4 is 6.09 Å². The van der Waals surface area contributed by atoms with Gasteiger partial charge in [0.1, 0.15) is 18.4 Å². The molecule has 8 nitrogen and oxygen atoms in total. The number of fused-ring (bicyclic) bond motifs is 1. The zero-order valence-corrected chi connectivity index (χ0v) is 22.0. The second-order valence-electron chi connectivity index (χ2n) is 10.2. The maximum Gasteiger partial charge on any atom is 0.407 e. The second-order valence-corrected chi connectivity index (χ2v) is 10.2. The molecule has 1 aliphatic heterocycles. The van der Waals surface area contributed by atoms with Crippen LogP contribution in [0, 0.1) is 17.2 Å². The number of carbonyl (C=O) groups is 1. The van der Waals surface area contributed by atoms with Gasteiger partial charge in [0.05, 0.1) is 5.56 Å². The molecule has 0 bridgehead atoms. The minimum Gasteiger partial charge on any atom is -0.488 e. The lowest BCUT2D eigenvalue weighted by Gasteiger charge is -2.24. The Morgan fingerprint density at radius 1 is 1.15 bits per heavy atom. The van der Waals surface area contributed by atoms with Gasteiger partial charge in [0.2, 0.25) is 5.82 Å². The summed E-state index contributed by atoms with van der Waals surface area (Å²) in [6.45, 7) is 5.63. The SMILES string of the molecule is CC(C)CC1CN(C(=O)O)CCc2cc(-c3noc(-c4ccc(OCc5ccccc5)c(C#N)c4)n3)ccc21. The van der Waals surface area contributed by atoms with Crippen molar-refractivity contribution in [2.45, 2.75) is 39.2 Å². The second kappa shape index (κ2) is 11.4. The maximum atomic E-state index is 11.7. The van der Waals surface area contributed by atoms with E-state index in [9.17, 15) is 15.2 Å². The topological polar surface area (TPSA) is 112 Å². The number of rotatable bonds is 7. The molecule has 1 amide bonds. The van der Waals surface area contributed by atoms with Gasteiger partial charge in [-0.3, -0.25) is 0 Å². The highest BCUT2D eigenvalue weighted by Gasteiger charge is 2.27. The summed E-state index contributed by atoms with van der Waals surface area (Å²) in [5.74, 6) is 1.82. The third-order valence-corrected chi connectivity index (χ3v) is 6.97. The van der Waals surface area contributed by atoms with Crippen LogP contribution in [0.5, 0.6) is 5.75 Å². The van der Waals surface area contributed by atoms with Gasteiger partial charge in [-0.25, -0.2) is 4.79 Å². The molecule has 0 spiro atoms. The fraction of sp³-hybridized carbons (Fsp3) is 0.290. The summed E-state index contributed by atoms with van der Waals surface area (Å²) in [4.78, 5) is 17.9. The molecule has 0 saturated carbocycles. The van der Waals surface area contributed by atoms with E-state index in [1.807, 2.05) is 42.5 Å². The zero-order chi connectivity index (χ0) is 27.4. The Labute approximate surface area is 227 Å². The molecule has 0 aliphatic carbocycles. The predicted molar refractivity (Wildman–Crippen MR) is 146 cm³/mol. The Bertz CT molecular complexity index is 1510. The minimum absolute atomic E-state index is 0.139. The number of hydrogen-bond donors (Lipinski definition) is 1. The predicted octanol–water partition coefficient (Wildman–Crippen LogP) is 6.52. The fourth-order valence-electron chi connectivity index (χ4n) is 5.08. The Morgan fingerprint density at radius 3 is 2.69 bits per heavy atom. The molecule has 1 atom stereocenters. The summed E-state index contributed by atoms with van der Waals surface area (Å²) in [5.41, 5.74) is 5.12. The van der Waals surface area contributed by atoms with E-state index in [0.717, 1.165) is 23.1 Å². The Balaban J connectivity index is 1.37. The van der Waals surface area contributed by atoms with Gasteiger partial charge in [-0.2, -0.15) is 10.2 Å². The normalized spacial score (nSPS) is 14.9. The number of ether oxygens (including phenoxy) is 1. The number of hydrogen-bond acceptors (Lipinski definition) is 6. The minimum atomic E-state index is -0.882. The van der Waals surface area contributed by atoms with Crippen molar-refractivity contribution in [1.82, 2.24) is 15.0 Å². The van der Waals surface area contributed by atoms with Crippen molar-refractivity contribution in [1.29, 1.82) is 5.26 Å². The standard InChI is InChI=1S/C31H30N4O4/c1-20(2)14-26-18-35(31(36)37)13-12-22-15-23(8-10-27(22)26)29-33-30(39-34-29)24-9-11-28(25(16-24)17-32)38-19-21-6-4-3-5-7-21/h3-11,15-16,20,26H,12-14,18-19H2,1-2H3,(H,36,37). The van der Waals surface area contributed by atoms with Crippen LogP contribution in [-0.4, -0.2) is 39.3 Å². The number of benzene rings is 3. The summed E-state index contributed by atoms with van der Waals surface area (Å²) in [7, 11) is 0. The average molecular weight is 523 g/mol. The monoisotopic (exact) mass is 522 g/mol. The van der Waals surface area contributed by atoms with Crippen LogP contribution in [0.1, 0.15) is 48.4 Å². The van der Waals surface area contributed by atoms with E-state index < -0.39 is 6.09 Å². The lowest BCUT2D eigenvalue weighted by Crippen LogP contribution is -2.33. The van der Waals surface area contributed by atoms with Crippen molar-refractivity contribution in [2.24, 2.45) is 5.92 Å². The van der Waals surface area contributed by atoms with Gasteiger partial charge in [0.25, 0.3) is 5.89 Å². The molecule has 1 aliphatic rings. The van der Waals surface area contributed by atoms with E-state index in [1.54, 1.807) is 18.2 Å². The molecule has 1 unspecified atom stereocenters. The number of carboxylic acid groups (broad SMARTS) is 1. The van der Waals surface area contributed by atoms with Crippen LogP contribution < -0.4 is 4.74 Å². The van der Waals surface area contributed by atoms with Crippen molar-refractivity contribution < 1.29 is 19.2 Å². The van der Waals surface area contributed by atoms with Gasteiger partial charge in [-0.15, -0.1) is 0 Å². The van der Waals surface area contributed by atoms with Gasteiger partial charge in [-0.1, -0.05) is 61.5 Å². The summed E-state index contributed by atoms with van der Waals surface area (Å²) in [6, 6.07) is 23.3. The molecule has 0 radical (unpaired) electrons. The van der Waals surface area contributed by atoms with Gasteiger partial charge in [0, 0.05) is 30.1 Å². The quantitative estimate of drug-likeness (QED) is 0.294. The molecular weight excluding hydrogens is 492 g/mol. The third kappa shape index (κ3) is 5.93. The molecule has 8 heteroatoms. The average Bonchev–Trinajstić information content (AvgIpc) is 3.37. The molecule has 4 aromatic rings. The van der Waals surface area contributed by atoms with E-state index in [2.05, 4.69) is 36.1 Å². The molecule has 5 rings (SSSR count). The molecule has 3 aromatic carbocycles. The maximum absolute atomic E-state index is 11.7. The number of nitrogens with zero attached hydrogens (tertiary/aromatic N) is 4. The molecule has 0 saturated heterocycles. The van der Waals surface area contributed by atoms with Gasteiger partial charge < -0.3 is 19.3 Å². The van der Waals surface area contributed by atoms with E-state index >= 15 is 0 Å². The van der Waals surface area contributed by atoms with Crippen LogP contribution in [0.15, 0.2) is 71.3 Å². The van der Waals surface area contributed by atoms with Gasteiger partial charge in [-0.05, 0) is 59.7 Å². The lowest BCUT2D eigenvalue weighted by atomic mass is 9.86. The number of nitriles is 1. The molecule has 1 aromatic heterocycles. The first-order valence-corrected chi connectivity index (χ1v) is 13.1. The Hall–Kier alpha value is -4.64. The number of amides is 1. The van der Waals surface area contributed by atoms with Crippen LogP contribution in [0.25, 0.3) is 22.8 Å². The third-order valence-electron chi connectivity index (χ3n) is 6.97. The molecule has 198 valence electrons. The van der Waals surface area contributed by atoms with Crippen LogP contribution in [-0.2, 0) is 13.0 Å². The van der Waals surface area contributed by atoms with Gasteiger partial charge in [0.15, 0.2) is 0 Å². The van der Waals surface area contributed by atoms with Crippen molar-refractivity contribution in [3.8, 4) is 34.7 Å². The summed E-state index contributed by atoms with van der Waals surface area (Å²) in [5, 5.41) is 23.5. The molecule has 0 fully saturated rings. The summed E-state index contributed by atoms with van der Waals surface area (Å²) >= 11 is 0. The van der Waals surface area contributed by atoms with Crippen LogP contribution in [0.4, 0.5) is 4.79 Å². The highest BCUT2D eigenvalue weighted by molar-refractivity contribution is 5.66. The molecular formula is C31H30N4O4. The first-order chi connectivity index (χ1) is 18.9. The van der Waals surface area contributed by atoms with E-state index in [1.165, 1.54) is 10.5 Å².